The summed E-state index contributed by atoms with van der Waals surface area (Å²) < 4.78 is 22.8. The van der Waals surface area contributed by atoms with Crippen LogP contribution in [0.5, 0.6) is 0 Å². The highest BCUT2D eigenvalue weighted by atomic mass is 35.5. The van der Waals surface area contributed by atoms with E-state index in [1.807, 2.05) is 0 Å². The molecule has 1 atom stereocenters. The lowest BCUT2D eigenvalue weighted by atomic mass is 10.0. The first kappa shape index (κ1) is 19.0. The molecule has 2 amide bonds. The first-order valence-electron chi connectivity index (χ1n) is 7.35. The molecule has 0 saturated carbocycles. The molecule has 0 aromatic heterocycles. The number of hydrogen-bond donors (Lipinski definition) is 1. The smallest absolute Gasteiger partial charge is 0.243 e. The number of halogens is 2. The van der Waals surface area contributed by atoms with Gasteiger partial charge in [0.1, 0.15) is 0 Å². The maximum atomic E-state index is 12.1. The maximum absolute atomic E-state index is 12.1. The van der Waals surface area contributed by atoms with Gasteiger partial charge in [-0.25, -0.2) is 8.42 Å². The van der Waals surface area contributed by atoms with Crippen molar-refractivity contribution < 1.29 is 18.0 Å². The molecule has 1 aromatic rings. The Bertz CT molecular complexity index is 752. The number of carbonyl (C=O) groups excluding carboxylic acids is 2. The number of sulfone groups is 1. The van der Waals surface area contributed by atoms with Crippen LogP contribution in [0.1, 0.15) is 12.8 Å². The van der Waals surface area contributed by atoms with Crippen molar-refractivity contribution in [3.8, 4) is 0 Å². The van der Waals surface area contributed by atoms with Crippen LogP contribution in [0.2, 0.25) is 10.0 Å². The van der Waals surface area contributed by atoms with Crippen molar-refractivity contribution in [2.24, 2.45) is 5.92 Å². The summed E-state index contributed by atoms with van der Waals surface area (Å²) >= 11 is 11.7. The van der Waals surface area contributed by atoms with Gasteiger partial charge in [-0.3, -0.25) is 9.59 Å². The Morgan fingerprint density at radius 2 is 2.00 bits per heavy atom. The van der Waals surface area contributed by atoms with Gasteiger partial charge in [-0.15, -0.1) is 0 Å². The minimum absolute atomic E-state index is 0.0437. The minimum Gasteiger partial charge on any atom is -0.336 e. The lowest BCUT2D eigenvalue weighted by molar-refractivity contribution is -0.134. The molecule has 0 spiro atoms. The van der Waals surface area contributed by atoms with E-state index in [1.165, 1.54) is 18.0 Å². The fourth-order valence-electron chi connectivity index (χ4n) is 2.51. The van der Waals surface area contributed by atoms with Crippen molar-refractivity contribution in [3.63, 3.8) is 0 Å². The molecule has 1 unspecified atom stereocenters. The first-order chi connectivity index (χ1) is 11.2. The molecular formula is C15H18Cl2N2O4S. The number of likely N-dealkylation sites (N-methyl/N-ethyl adjacent to an activating group) is 1. The molecule has 1 aromatic carbocycles. The molecule has 0 aliphatic carbocycles. The van der Waals surface area contributed by atoms with E-state index in [-0.39, 0.29) is 42.2 Å². The average Bonchev–Trinajstić information content (AvgIpc) is 2.81. The Kier molecular flexibility index (Phi) is 6.11. The fraction of sp³-hybridized carbons (Fsp3) is 0.467. The van der Waals surface area contributed by atoms with Gasteiger partial charge in [0.05, 0.1) is 28.1 Å². The number of amides is 2. The van der Waals surface area contributed by atoms with Crippen LogP contribution in [-0.4, -0.2) is 50.2 Å². The molecule has 1 aliphatic heterocycles. The van der Waals surface area contributed by atoms with Crippen LogP contribution in [0.4, 0.5) is 5.69 Å². The summed E-state index contributed by atoms with van der Waals surface area (Å²) in [7, 11) is -1.50. The predicted molar refractivity (Wildman–Crippen MR) is 94.1 cm³/mol. The van der Waals surface area contributed by atoms with Gasteiger partial charge in [0.2, 0.25) is 11.8 Å². The average molecular weight is 393 g/mol. The van der Waals surface area contributed by atoms with Gasteiger partial charge in [-0.2, -0.15) is 0 Å². The molecule has 2 rings (SSSR count). The predicted octanol–water partition coefficient (Wildman–Crippen LogP) is 2.22. The molecule has 0 bridgehead atoms. The van der Waals surface area contributed by atoms with Crippen LogP contribution in [0.25, 0.3) is 0 Å². The van der Waals surface area contributed by atoms with Crippen molar-refractivity contribution in [1.29, 1.82) is 0 Å². The van der Waals surface area contributed by atoms with Gasteiger partial charge in [0.15, 0.2) is 9.84 Å². The Morgan fingerprint density at radius 1 is 1.29 bits per heavy atom. The monoisotopic (exact) mass is 392 g/mol. The Hall–Kier alpha value is -1.31. The summed E-state index contributed by atoms with van der Waals surface area (Å²) in [6, 6.07) is 4.69. The second-order valence-electron chi connectivity index (χ2n) is 5.90. The number of nitrogens with one attached hydrogen (secondary N) is 1. The van der Waals surface area contributed by atoms with Crippen molar-refractivity contribution in [2.45, 2.75) is 12.8 Å². The van der Waals surface area contributed by atoms with E-state index >= 15 is 0 Å². The number of benzene rings is 1. The first-order valence-corrected chi connectivity index (χ1v) is 9.93. The second kappa shape index (κ2) is 7.72. The zero-order chi connectivity index (χ0) is 17.9. The summed E-state index contributed by atoms with van der Waals surface area (Å²) in [6.07, 6.45) is 0.632. The quantitative estimate of drug-likeness (QED) is 0.832. The van der Waals surface area contributed by atoms with Gasteiger partial charge < -0.3 is 10.2 Å². The SMILES string of the molecule is CN(CC(=O)Nc1ccc(Cl)c(Cl)c1)C(=O)CC1CCS(=O)(=O)C1. The molecule has 9 heteroatoms. The molecule has 1 N–H and O–H groups in total. The van der Waals surface area contributed by atoms with Crippen LogP contribution < -0.4 is 5.32 Å². The third-order valence-corrected chi connectivity index (χ3v) is 6.38. The molecule has 1 aliphatic rings. The summed E-state index contributed by atoms with van der Waals surface area (Å²) in [5, 5.41) is 3.33. The van der Waals surface area contributed by atoms with E-state index in [9.17, 15) is 18.0 Å². The fourth-order valence-corrected chi connectivity index (χ4v) is 4.67. The molecular weight excluding hydrogens is 375 g/mol. The number of anilines is 1. The number of hydrogen-bond acceptors (Lipinski definition) is 4. The van der Waals surface area contributed by atoms with Crippen molar-refractivity contribution >= 4 is 50.5 Å². The molecule has 24 heavy (non-hydrogen) atoms. The van der Waals surface area contributed by atoms with Crippen molar-refractivity contribution in [2.75, 3.05) is 30.4 Å². The van der Waals surface area contributed by atoms with Crippen LogP contribution in [0.15, 0.2) is 18.2 Å². The van der Waals surface area contributed by atoms with Crippen LogP contribution in [0.3, 0.4) is 0 Å². The van der Waals surface area contributed by atoms with Crippen molar-refractivity contribution in [3.05, 3.63) is 28.2 Å². The van der Waals surface area contributed by atoms with Crippen LogP contribution >= 0.6 is 23.2 Å². The van der Waals surface area contributed by atoms with E-state index < -0.39 is 9.84 Å². The Morgan fingerprint density at radius 3 is 2.58 bits per heavy atom. The lowest BCUT2D eigenvalue weighted by Gasteiger charge is -2.18. The van der Waals surface area contributed by atoms with E-state index in [0.29, 0.717) is 22.2 Å². The molecule has 132 valence electrons. The largest absolute Gasteiger partial charge is 0.336 e. The second-order valence-corrected chi connectivity index (χ2v) is 8.94. The number of rotatable bonds is 5. The third-order valence-electron chi connectivity index (χ3n) is 3.80. The van der Waals surface area contributed by atoms with Crippen molar-refractivity contribution in [1.82, 2.24) is 4.90 Å². The normalized spacial score (nSPS) is 19.0. The number of carbonyl (C=O) groups is 2. The zero-order valence-electron chi connectivity index (χ0n) is 13.1. The van der Waals surface area contributed by atoms with Crippen LogP contribution in [-0.2, 0) is 19.4 Å². The Labute approximate surface area is 151 Å². The lowest BCUT2D eigenvalue weighted by Crippen LogP contribution is -2.35. The highest BCUT2D eigenvalue weighted by molar-refractivity contribution is 7.91. The molecule has 1 heterocycles. The molecule has 1 saturated heterocycles. The maximum Gasteiger partial charge on any atom is 0.243 e. The van der Waals surface area contributed by atoms with E-state index in [1.54, 1.807) is 12.1 Å². The summed E-state index contributed by atoms with van der Waals surface area (Å²) in [4.78, 5) is 25.4. The Balaban J connectivity index is 1.84. The van der Waals surface area contributed by atoms with Gasteiger partial charge in [0.25, 0.3) is 0 Å². The molecule has 0 radical (unpaired) electrons. The summed E-state index contributed by atoms with van der Waals surface area (Å²) in [5.74, 6) is -0.609. The van der Waals surface area contributed by atoms with Crippen LogP contribution in [0, 0.1) is 5.92 Å². The number of nitrogens with zero attached hydrogens (tertiary/aromatic N) is 1. The molecule has 1 fully saturated rings. The standard InChI is InChI=1S/C15H18Cl2N2O4S/c1-19(15(21)6-10-4-5-24(22,23)9-10)8-14(20)18-11-2-3-12(16)13(17)7-11/h2-3,7,10H,4-6,8-9H2,1H3,(H,18,20). The topological polar surface area (TPSA) is 83.6 Å². The van der Waals surface area contributed by atoms with Gasteiger partial charge in [-0.1, -0.05) is 23.2 Å². The zero-order valence-corrected chi connectivity index (χ0v) is 15.4. The van der Waals surface area contributed by atoms with E-state index in [0.717, 1.165) is 0 Å². The van der Waals surface area contributed by atoms with Gasteiger partial charge in [-0.05, 0) is 30.5 Å². The van der Waals surface area contributed by atoms with Gasteiger partial charge in [0, 0.05) is 19.2 Å². The summed E-state index contributed by atoms with van der Waals surface area (Å²) in [5.41, 5.74) is 0.483. The highest BCUT2D eigenvalue weighted by Gasteiger charge is 2.30. The molecule has 6 nitrogen and oxygen atoms in total. The van der Waals surface area contributed by atoms with E-state index in [2.05, 4.69) is 5.32 Å². The van der Waals surface area contributed by atoms with Gasteiger partial charge >= 0.3 is 0 Å². The minimum atomic E-state index is -3.01. The highest BCUT2D eigenvalue weighted by Crippen LogP contribution is 2.25. The summed E-state index contributed by atoms with van der Waals surface area (Å²) in [6.45, 7) is -0.126. The third kappa shape index (κ3) is 5.36. The van der Waals surface area contributed by atoms with E-state index in [4.69, 9.17) is 23.2 Å².